The lowest BCUT2D eigenvalue weighted by molar-refractivity contribution is -0.141. The second kappa shape index (κ2) is 6.31. The van der Waals surface area contributed by atoms with Crippen molar-refractivity contribution in [3.05, 3.63) is 17.5 Å². The molecule has 0 spiro atoms. The number of nitrogens with zero attached hydrogens (tertiary/aromatic N) is 2. The molecule has 0 aliphatic rings. The molecule has 0 saturated heterocycles. The Morgan fingerprint density at radius 3 is 2.68 bits per heavy atom. The number of aryl methyl sites for hydroxylation is 1. The van der Waals surface area contributed by atoms with Crippen molar-refractivity contribution >= 4 is 18.5 Å². The molecule has 1 aromatic heterocycles. The van der Waals surface area contributed by atoms with Gasteiger partial charge in [-0.2, -0.15) is 30.9 Å². The Labute approximate surface area is 114 Å². The molecule has 1 N–H and O–H groups in total. The van der Waals surface area contributed by atoms with Gasteiger partial charge in [0.15, 0.2) is 5.69 Å². The summed E-state index contributed by atoms with van der Waals surface area (Å²) in [6.07, 6.45) is -4.46. The Morgan fingerprint density at radius 1 is 1.58 bits per heavy atom. The second-order valence-electron chi connectivity index (χ2n) is 4.27. The van der Waals surface area contributed by atoms with Crippen molar-refractivity contribution in [3.63, 3.8) is 0 Å². The largest absolute Gasteiger partial charge is 0.435 e. The molecular weight excluding hydrogens is 279 g/mol. The molecule has 0 bridgehead atoms. The van der Waals surface area contributed by atoms with Gasteiger partial charge in [-0.3, -0.25) is 9.48 Å². The predicted molar refractivity (Wildman–Crippen MR) is 68.0 cm³/mol. The molecular formula is C11H16F3N3OS. The normalized spacial score (nSPS) is 13.4. The SMILES string of the molecule is Cc1cc(C(F)(F)F)nn1CC(C)C(=O)NCCS. The molecule has 1 heterocycles. The predicted octanol–water partition coefficient (Wildman–Crippen LogP) is 1.89. The van der Waals surface area contributed by atoms with Crippen molar-refractivity contribution in [1.82, 2.24) is 15.1 Å². The first kappa shape index (κ1) is 15.9. The Hall–Kier alpha value is -1.18. The fourth-order valence-electron chi connectivity index (χ4n) is 1.53. The number of hydrogen-bond acceptors (Lipinski definition) is 3. The Bertz CT molecular complexity index is 445. The number of alkyl halides is 3. The molecule has 8 heteroatoms. The molecule has 1 amide bonds. The maximum absolute atomic E-state index is 12.5. The average Bonchev–Trinajstić information content (AvgIpc) is 2.67. The molecule has 0 fully saturated rings. The molecule has 108 valence electrons. The maximum atomic E-state index is 12.5. The summed E-state index contributed by atoms with van der Waals surface area (Å²) in [7, 11) is 0. The van der Waals surface area contributed by atoms with E-state index in [4.69, 9.17) is 0 Å². The molecule has 1 aromatic rings. The summed E-state index contributed by atoms with van der Waals surface area (Å²) in [6.45, 7) is 3.71. The van der Waals surface area contributed by atoms with E-state index in [-0.39, 0.29) is 12.5 Å². The third kappa shape index (κ3) is 4.45. The first-order valence-corrected chi connectivity index (χ1v) is 6.39. The number of carbonyl (C=O) groups excluding carboxylic acids is 1. The van der Waals surface area contributed by atoms with E-state index in [1.54, 1.807) is 6.92 Å². The maximum Gasteiger partial charge on any atom is 0.435 e. The van der Waals surface area contributed by atoms with E-state index < -0.39 is 17.8 Å². The minimum atomic E-state index is -4.46. The Kier molecular flexibility index (Phi) is 5.28. The Balaban J connectivity index is 2.72. The monoisotopic (exact) mass is 295 g/mol. The van der Waals surface area contributed by atoms with Gasteiger partial charge in [0.25, 0.3) is 0 Å². The van der Waals surface area contributed by atoms with Crippen LogP contribution < -0.4 is 5.32 Å². The number of halogens is 3. The van der Waals surface area contributed by atoms with Crippen molar-refractivity contribution in [2.45, 2.75) is 26.6 Å². The quantitative estimate of drug-likeness (QED) is 0.815. The summed E-state index contributed by atoms with van der Waals surface area (Å²) in [5.74, 6) is -0.172. The summed E-state index contributed by atoms with van der Waals surface area (Å²) in [5, 5.41) is 6.11. The molecule has 0 saturated carbocycles. The summed E-state index contributed by atoms with van der Waals surface area (Å²) in [5.41, 5.74) is -0.561. The van der Waals surface area contributed by atoms with Crippen LogP contribution in [-0.2, 0) is 17.5 Å². The number of thiol groups is 1. The Morgan fingerprint density at radius 2 is 2.21 bits per heavy atom. The van der Waals surface area contributed by atoms with Crippen LogP contribution in [0.5, 0.6) is 0 Å². The number of rotatable bonds is 5. The van der Waals surface area contributed by atoms with Crippen LogP contribution in [0.3, 0.4) is 0 Å². The van der Waals surface area contributed by atoms with Gasteiger partial charge >= 0.3 is 6.18 Å². The van der Waals surface area contributed by atoms with Gasteiger partial charge in [-0.05, 0) is 13.0 Å². The summed E-state index contributed by atoms with van der Waals surface area (Å²) >= 11 is 3.96. The first-order valence-electron chi connectivity index (χ1n) is 5.76. The summed E-state index contributed by atoms with van der Waals surface area (Å²) in [4.78, 5) is 11.6. The van der Waals surface area contributed by atoms with Crippen LogP contribution in [0, 0.1) is 12.8 Å². The van der Waals surface area contributed by atoms with Gasteiger partial charge in [-0.25, -0.2) is 0 Å². The fraction of sp³-hybridized carbons (Fsp3) is 0.636. The van der Waals surface area contributed by atoms with Gasteiger partial charge in [0.05, 0.1) is 12.5 Å². The number of amides is 1. The highest BCUT2D eigenvalue weighted by molar-refractivity contribution is 7.80. The van der Waals surface area contributed by atoms with E-state index in [0.717, 1.165) is 6.07 Å². The highest BCUT2D eigenvalue weighted by Crippen LogP contribution is 2.28. The van der Waals surface area contributed by atoms with Gasteiger partial charge in [0.2, 0.25) is 5.91 Å². The lowest BCUT2D eigenvalue weighted by Crippen LogP contribution is -2.33. The standard InChI is InChI=1S/C11H16F3N3OS/c1-7(10(18)15-3-4-19)6-17-8(2)5-9(16-17)11(12,13)14/h5,7,19H,3-4,6H2,1-2H3,(H,15,18). The zero-order chi connectivity index (χ0) is 14.6. The van der Waals surface area contributed by atoms with E-state index in [2.05, 4.69) is 23.0 Å². The molecule has 19 heavy (non-hydrogen) atoms. The average molecular weight is 295 g/mol. The second-order valence-corrected chi connectivity index (χ2v) is 4.71. The molecule has 0 aromatic carbocycles. The molecule has 0 radical (unpaired) electrons. The van der Waals surface area contributed by atoms with Gasteiger partial charge in [-0.1, -0.05) is 6.92 Å². The van der Waals surface area contributed by atoms with Crippen molar-refractivity contribution in [1.29, 1.82) is 0 Å². The molecule has 1 atom stereocenters. The van der Waals surface area contributed by atoms with Crippen LogP contribution in [0.15, 0.2) is 6.07 Å². The van der Waals surface area contributed by atoms with E-state index in [1.807, 2.05) is 0 Å². The van der Waals surface area contributed by atoms with Crippen LogP contribution in [0.25, 0.3) is 0 Å². The third-order valence-corrected chi connectivity index (χ3v) is 2.80. The van der Waals surface area contributed by atoms with Gasteiger partial charge in [0, 0.05) is 18.0 Å². The van der Waals surface area contributed by atoms with Crippen molar-refractivity contribution < 1.29 is 18.0 Å². The van der Waals surface area contributed by atoms with E-state index in [9.17, 15) is 18.0 Å². The van der Waals surface area contributed by atoms with Crippen molar-refractivity contribution in [3.8, 4) is 0 Å². The molecule has 0 aliphatic heterocycles. The van der Waals surface area contributed by atoms with Crippen LogP contribution >= 0.6 is 12.6 Å². The van der Waals surface area contributed by atoms with E-state index >= 15 is 0 Å². The number of aromatic nitrogens is 2. The first-order chi connectivity index (χ1) is 8.75. The lowest BCUT2D eigenvalue weighted by atomic mass is 10.1. The molecule has 0 aliphatic carbocycles. The molecule has 1 rings (SSSR count). The van der Waals surface area contributed by atoms with Crippen molar-refractivity contribution in [2.75, 3.05) is 12.3 Å². The summed E-state index contributed by atoms with van der Waals surface area (Å²) < 4.78 is 38.6. The number of nitrogens with one attached hydrogen (secondary N) is 1. The highest BCUT2D eigenvalue weighted by atomic mass is 32.1. The number of hydrogen-bond donors (Lipinski definition) is 2. The van der Waals surface area contributed by atoms with E-state index in [1.165, 1.54) is 11.6 Å². The highest BCUT2D eigenvalue weighted by Gasteiger charge is 2.34. The van der Waals surface area contributed by atoms with E-state index in [0.29, 0.717) is 18.0 Å². The summed E-state index contributed by atoms with van der Waals surface area (Å²) in [6, 6.07) is 0.971. The van der Waals surface area contributed by atoms with Crippen LogP contribution in [-0.4, -0.2) is 28.0 Å². The molecule has 1 unspecified atom stereocenters. The minimum absolute atomic E-state index is 0.111. The fourth-order valence-corrected chi connectivity index (χ4v) is 1.64. The van der Waals surface area contributed by atoms with Gasteiger partial charge in [-0.15, -0.1) is 0 Å². The molecule has 4 nitrogen and oxygen atoms in total. The topological polar surface area (TPSA) is 46.9 Å². The van der Waals surface area contributed by atoms with Crippen molar-refractivity contribution in [2.24, 2.45) is 5.92 Å². The number of carbonyl (C=O) groups is 1. The van der Waals surface area contributed by atoms with Gasteiger partial charge < -0.3 is 5.32 Å². The third-order valence-electron chi connectivity index (χ3n) is 2.58. The van der Waals surface area contributed by atoms with Crippen LogP contribution in [0.2, 0.25) is 0 Å². The van der Waals surface area contributed by atoms with Gasteiger partial charge in [0.1, 0.15) is 0 Å². The zero-order valence-corrected chi connectivity index (χ0v) is 11.6. The van der Waals surface area contributed by atoms with Crippen LogP contribution in [0.4, 0.5) is 13.2 Å². The smallest absolute Gasteiger partial charge is 0.355 e. The zero-order valence-electron chi connectivity index (χ0n) is 10.7. The van der Waals surface area contributed by atoms with Crippen LogP contribution in [0.1, 0.15) is 18.3 Å². The lowest BCUT2D eigenvalue weighted by Gasteiger charge is -2.12. The minimum Gasteiger partial charge on any atom is -0.355 e.